The van der Waals surface area contributed by atoms with E-state index in [1.165, 1.54) is 0 Å². The molecule has 0 saturated carbocycles. The lowest BCUT2D eigenvalue weighted by Crippen LogP contribution is -2.46. The second-order valence-electron chi connectivity index (χ2n) is 4.70. The molecule has 2 unspecified atom stereocenters. The summed E-state index contributed by atoms with van der Waals surface area (Å²) in [7, 11) is 0. The quantitative estimate of drug-likeness (QED) is 0.809. The smallest absolute Gasteiger partial charge is 0.154 e. The first kappa shape index (κ1) is 11.9. The maximum atomic E-state index is 5.74. The van der Waals surface area contributed by atoms with E-state index in [9.17, 15) is 0 Å². The Balaban J connectivity index is 1.95. The molecule has 0 radical (unpaired) electrons. The zero-order valence-electron chi connectivity index (χ0n) is 10.4. The molecule has 0 spiro atoms. The van der Waals surface area contributed by atoms with E-state index in [4.69, 9.17) is 4.74 Å². The van der Waals surface area contributed by atoms with Crippen LogP contribution in [0.15, 0.2) is 22.9 Å². The summed E-state index contributed by atoms with van der Waals surface area (Å²) in [5, 5.41) is 4.60. The molecule has 0 amide bonds. The fourth-order valence-corrected chi connectivity index (χ4v) is 2.73. The number of anilines is 1. The highest BCUT2D eigenvalue weighted by Gasteiger charge is 2.23. The molecule has 1 aliphatic rings. The molecule has 96 valence electrons. The molecule has 1 fully saturated rings. The van der Waals surface area contributed by atoms with Gasteiger partial charge in [-0.3, -0.25) is 0 Å². The number of imidazole rings is 1. The maximum Gasteiger partial charge on any atom is 0.154 e. The lowest BCUT2D eigenvalue weighted by molar-refractivity contribution is -0.00551. The maximum absolute atomic E-state index is 5.74. The zero-order valence-corrected chi connectivity index (χ0v) is 12.0. The lowest BCUT2D eigenvalue weighted by atomic mass is 10.2. The standard InChI is InChI=1S/C12H15BrN4O/c1-8-6-16(7-9(2)18-8)12-4-3-11-14-5-10(13)17(11)15-12/h3-5,8-9H,6-7H2,1-2H3. The third-order valence-corrected chi connectivity index (χ3v) is 3.59. The predicted molar refractivity (Wildman–Crippen MR) is 72.9 cm³/mol. The molecule has 2 atom stereocenters. The Kier molecular flexibility index (Phi) is 2.99. The number of morpholine rings is 1. The number of nitrogens with zero attached hydrogens (tertiary/aromatic N) is 4. The molecular formula is C12H15BrN4O. The van der Waals surface area contributed by atoms with Crippen LogP contribution in [0.3, 0.4) is 0 Å². The van der Waals surface area contributed by atoms with Gasteiger partial charge in [0.1, 0.15) is 10.4 Å². The van der Waals surface area contributed by atoms with Crippen molar-refractivity contribution in [2.75, 3.05) is 18.0 Å². The number of aromatic nitrogens is 3. The summed E-state index contributed by atoms with van der Waals surface area (Å²) in [4.78, 5) is 6.50. The summed E-state index contributed by atoms with van der Waals surface area (Å²) >= 11 is 3.44. The summed E-state index contributed by atoms with van der Waals surface area (Å²) in [6, 6.07) is 4.00. The van der Waals surface area contributed by atoms with E-state index in [0.29, 0.717) is 0 Å². The van der Waals surface area contributed by atoms with Gasteiger partial charge in [-0.1, -0.05) is 0 Å². The fourth-order valence-electron chi connectivity index (χ4n) is 2.37. The van der Waals surface area contributed by atoms with Crippen molar-refractivity contribution in [3.63, 3.8) is 0 Å². The second kappa shape index (κ2) is 4.51. The highest BCUT2D eigenvalue weighted by molar-refractivity contribution is 9.10. The van der Waals surface area contributed by atoms with E-state index in [1.807, 2.05) is 12.1 Å². The van der Waals surface area contributed by atoms with Crippen LogP contribution in [-0.2, 0) is 4.74 Å². The summed E-state index contributed by atoms with van der Waals surface area (Å²) in [6.07, 6.45) is 2.23. The van der Waals surface area contributed by atoms with Gasteiger partial charge in [-0.25, -0.2) is 9.50 Å². The molecule has 2 aromatic rings. The summed E-state index contributed by atoms with van der Waals surface area (Å²) < 4.78 is 8.41. The van der Waals surface area contributed by atoms with Crippen LogP contribution in [0.1, 0.15) is 13.8 Å². The van der Waals surface area contributed by atoms with Crippen molar-refractivity contribution in [1.29, 1.82) is 0 Å². The fraction of sp³-hybridized carbons (Fsp3) is 0.500. The number of ether oxygens (including phenoxy) is 1. The number of halogens is 1. The SMILES string of the molecule is CC1CN(c2ccc3ncc(Br)n3n2)CC(C)O1. The third kappa shape index (κ3) is 2.10. The normalized spacial score (nSPS) is 24.7. The van der Waals surface area contributed by atoms with Crippen LogP contribution < -0.4 is 4.90 Å². The van der Waals surface area contributed by atoms with Crippen LogP contribution in [0.4, 0.5) is 5.82 Å². The van der Waals surface area contributed by atoms with Gasteiger partial charge in [0.15, 0.2) is 5.65 Å². The largest absolute Gasteiger partial charge is 0.372 e. The monoisotopic (exact) mass is 310 g/mol. The molecule has 0 bridgehead atoms. The average molecular weight is 311 g/mol. The van der Waals surface area contributed by atoms with Crippen LogP contribution in [0.2, 0.25) is 0 Å². The van der Waals surface area contributed by atoms with Gasteiger partial charge in [0.05, 0.1) is 18.4 Å². The van der Waals surface area contributed by atoms with E-state index in [0.717, 1.165) is 29.2 Å². The van der Waals surface area contributed by atoms with Crippen molar-refractivity contribution in [2.24, 2.45) is 0 Å². The molecule has 1 aliphatic heterocycles. The molecule has 5 nitrogen and oxygen atoms in total. The van der Waals surface area contributed by atoms with Gasteiger partial charge < -0.3 is 9.64 Å². The Hall–Kier alpha value is -1.14. The van der Waals surface area contributed by atoms with E-state index in [2.05, 4.69) is 44.8 Å². The Bertz CT molecular complexity index is 560. The summed E-state index contributed by atoms with van der Waals surface area (Å²) in [6.45, 7) is 5.92. The van der Waals surface area contributed by atoms with Crippen molar-refractivity contribution in [3.05, 3.63) is 22.9 Å². The highest BCUT2D eigenvalue weighted by atomic mass is 79.9. The minimum Gasteiger partial charge on any atom is -0.372 e. The van der Waals surface area contributed by atoms with Crippen LogP contribution in [0, 0.1) is 0 Å². The van der Waals surface area contributed by atoms with Crippen molar-refractivity contribution in [3.8, 4) is 0 Å². The van der Waals surface area contributed by atoms with Crippen LogP contribution >= 0.6 is 15.9 Å². The molecule has 1 saturated heterocycles. The van der Waals surface area contributed by atoms with Crippen LogP contribution in [0.25, 0.3) is 5.65 Å². The number of rotatable bonds is 1. The minimum absolute atomic E-state index is 0.234. The summed E-state index contributed by atoms with van der Waals surface area (Å²) in [5.41, 5.74) is 0.847. The van der Waals surface area contributed by atoms with Crippen molar-refractivity contribution in [2.45, 2.75) is 26.1 Å². The number of hydrogen-bond donors (Lipinski definition) is 0. The lowest BCUT2D eigenvalue weighted by Gasteiger charge is -2.35. The number of hydrogen-bond acceptors (Lipinski definition) is 4. The van der Waals surface area contributed by atoms with E-state index >= 15 is 0 Å². The van der Waals surface area contributed by atoms with E-state index in [-0.39, 0.29) is 12.2 Å². The zero-order chi connectivity index (χ0) is 12.7. The van der Waals surface area contributed by atoms with E-state index in [1.54, 1.807) is 10.7 Å². The van der Waals surface area contributed by atoms with Crippen LogP contribution in [0.5, 0.6) is 0 Å². The van der Waals surface area contributed by atoms with Gasteiger partial charge in [0.2, 0.25) is 0 Å². The molecule has 18 heavy (non-hydrogen) atoms. The number of fused-ring (bicyclic) bond motifs is 1. The molecule has 0 aliphatic carbocycles. The Morgan fingerprint density at radius 3 is 2.72 bits per heavy atom. The van der Waals surface area contributed by atoms with Crippen molar-refractivity contribution < 1.29 is 4.74 Å². The molecular weight excluding hydrogens is 296 g/mol. The van der Waals surface area contributed by atoms with E-state index < -0.39 is 0 Å². The van der Waals surface area contributed by atoms with Gasteiger partial charge >= 0.3 is 0 Å². The minimum atomic E-state index is 0.234. The molecule has 6 heteroatoms. The first-order valence-corrected chi connectivity index (χ1v) is 6.83. The first-order valence-electron chi connectivity index (χ1n) is 6.04. The highest BCUT2D eigenvalue weighted by Crippen LogP contribution is 2.20. The Morgan fingerprint density at radius 1 is 1.28 bits per heavy atom. The van der Waals surface area contributed by atoms with Crippen LogP contribution in [-0.4, -0.2) is 39.9 Å². The summed E-state index contributed by atoms with van der Waals surface area (Å²) in [5.74, 6) is 0.961. The van der Waals surface area contributed by atoms with Gasteiger partial charge in [-0.05, 0) is 41.9 Å². The van der Waals surface area contributed by atoms with Gasteiger partial charge in [-0.15, -0.1) is 5.10 Å². The Morgan fingerprint density at radius 2 is 2.00 bits per heavy atom. The predicted octanol–water partition coefficient (Wildman–Crippen LogP) is 2.11. The first-order chi connectivity index (χ1) is 8.63. The Labute approximate surface area is 114 Å². The molecule has 0 N–H and O–H groups in total. The van der Waals surface area contributed by atoms with Crippen molar-refractivity contribution >= 4 is 27.4 Å². The second-order valence-corrected chi connectivity index (χ2v) is 5.52. The van der Waals surface area contributed by atoms with Gasteiger partial charge in [0.25, 0.3) is 0 Å². The third-order valence-electron chi connectivity index (χ3n) is 3.05. The molecule has 3 rings (SSSR count). The molecule has 2 aromatic heterocycles. The van der Waals surface area contributed by atoms with Gasteiger partial charge in [0, 0.05) is 13.1 Å². The molecule has 3 heterocycles. The van der Waals surface area contributed by atoms with Crippen molar-refractivity contribution in [1.82, 2.24) is 14.6 Å². The molecule has 0 aromatic carbocycles. The average Bonchev–Trinajstić information content (AvgIpc) is 2.69. The topological polar surface area (TPSA) is 42.7 Å². The van der Waals surface area contributed by atoms with Gasteiger partial charge in [-0.2, -0.15) is 0 Å².